The molecule has 0 aromatic heterocycles. The number of nitrogens with one attached hydrogen (secondary N) is 2. The van der Waals surface area contributed by atoms with Crippen molar-refractivity contribution in [3.8, 4) is 0 Å². The Labute approximate surface area is 113 Å². The molecule has 1 unspecified atom stereocenters. The van der Waals surface area contributed by atoms with Gasteiger partial charge < -0.3 is 25.2 Å². The fourth-order valence-corrected chi connectivity index (χ4v) is 1.19. The Morgan fingerprint density at radius 3 is 2.58 bits per heavy atom. The fourth-order valence-electron chi connectivity index (χ4n) is 1.19. The molecule has 0 aliphatic heterocycles. The van der Waals surface area contributed by atoms with Crippen LogP contribution in [0, 0.1) is 0 Å². The highest BCUT2D eigenvalue weighted by atomic mass is 16.5. The highest BCUT2D eigenvalue weighted by Gasteiger charge is 2.13. The Kier molecular flexibility index (Phi) is 9.46. The van der Waals surface area contributed by atoms with Crippen LogP contribution in [0.1, 0.15) is 13.3 Å². The second-order valence-corrected chi connectivity index (χ2v) is 4.10. The predicted octanol–water partition coefficient (Wildman–Crippen LogP) is 0.368. The number of rotatable bonds is 10. The van der Waals surface area contributed by atoms with Gasteiger partial charge in [0.15, 0.2) is 0 Å². The van der Waals surface area contributed by atoms with Gasteiger partial charge in [-0.2, -0.15) is 0 Å². The number of hydrogen-bond donors (Lipinski definition) is 3. The molecule has 19 heavy (non-hydrogen) atoms. The van der Waals surface area contributed by atoms with E-state index in [0.717, 1.165) is 5.57 Å². The van der Waals surface area contributed by atoms with Crippen molar-refractivity contribution in [1.82, 2.24) is 10.6 Å². The van der Waals surface area contributed by atoms with E-state index < -0.39 is 12.1 Å². The monoisotopic (exact) mass is 274 g/mol. The van der Waals surface area contributed by atoms with E-state index in [1.165, 1.54) is 7.11 Å². The van der Waals surface area contributed by atoms with Crippen molar-refractivity contribution in [3.63, 3.8) is 0 Å². The summed E-state index contributed by atoms with van der Waals surface area (Å²) in [6.45, 7) is 6.91. The summed E-state index contributed by atoms with van der Waals surface area (Å²) in [5, 5.41) is 13.7. The minimum atomic E-state index is -0.970. The first kappa shape index (κ1) is 17.4. The molecule has 110 valence electrons. The standard InChI is InChI=1S/C12H22N2O5/c1-9(2)8-19-5-4-13-12(17)14-7-10(18-3)6-11(15)16/h10H,1,4-8H2,2-3H3,(H,15,16)(H2,13,14,17). The predicted molar refractivity (Wildman–Crippen MR) is 70.1 cm³/mol. The first-order valence-electron chi connectivity index (χ1n) is 5.94. The van der Waals surface area contributed by atoms with Gasteiger partial charge in [0.25, 0.3) is 0 Å². The van der Waals surface area contributed by atoms with Crippen LogP contribution >= 0.6 is 0 Å². The molecule has 1 atom stereocenters. The van der Waals surface area contributed by atoms with Gasteiger partial charge in [0.05, 0.1) is 25.7 Å². The Morgan fingerprint density at radius 2 is 2.05 bits per heavy atom. The van der Waals surface area contributed by atoms with Gasteiger partial charge in [-0.1, -0.05) is 12.2 Å². The van der Waals surface area contributed by atoms with E-state index >= 15 is 0 Å². The number of carbonyl (C=O) groups excluding carboxylic acids is 1. The van der Waals surface area contributed by atoms with Crippen LogP contribution in [0.2, 0.25) is 0 Å². The molecule has 0 saturated heterocycles. The SMILES string of the molecule is C=C(C)COCCNC(=O)NCC(CC(=O)O)OC. The van der Waals surface area contributed by atoms with E-state index in [4.69, 9.17) is 14.6 Å². The minimum absolute atomic E-state index is 0.140. The number of carboxylic acids is 1. The van der Waals surface area contributed by atoms with Crippen LogP contribution in [0.5, 0.6) is 0 Å². The highest BCUT2D eigenvalue weighted by Crippen LogP contribution is 1.95. The molecule has 0 aromatic carbocycles. The number of urea groups is 1. The van der Waals surface area contributed by atoms with Crippen molar-refractivity contribution in [2.75, 3.05) is 33.4 Å². The van der Waals surface area contributed by atoms with Crippen molar-refractivity contribution in [2.24, 2.45) is 0 Å². The largest absolute Gasteiger partial charge is 0.481 e. The zero-order chi connectivity index (χ0) is 14.7. The lowest BCUT2D eigenvalue weighted by molar-refractivity contribution is -0.139. The zero-order valence-electron chi connectivity index (χ0n) is 11.4. The molecule has 7 heteroatoms. The summed E-state index contributed by atoms with van der Waals surface area (Å²) < 4.78 is 10.1. The molecular weight excluding hydrogens is 252 g/mol. The van der Waals surface area contributed by atoms with Crippen molar-refractivity contribution in [3.05, 3.63) is 12.2 Å². The third-order valence-corrected chi connectivity index (χ3v) is 2.11. The smallest absolute Gasteiger partial charge is 0.314 e. The summed E-state index contributed by atoms with van der Waals surface area (Å²) in [4.78, 5) is 21.8. The molecule has 0 saturated carbocycles. The zero-order valence-corrected chi connectivity index (χ0v) is 11.4. The number of carbonyl (C=O) groups is 2. The molecule has 3 N–H and O–H groups in total. The lowest BCUT2D eigenvalue weighted by Crippen LogP contribution is -2.41. The summed E-state index contributed by atoms with van der Waals surface area (Å²) >= 11 is 0. The van der Waals surface area contributed by atoms with E-state index in [1.54, 1.807) is 0 Å². The first-order valence-corrected chi connectivity index (χ1v) is 5.94. The van der Waals surface area contributed by atoms with E-state index in [2.05, 4.69) is 17.2 Å². The molecule has 0 aliphatic rings. The van der Waals surface area contributed by atoms with Crippen molar-refractivity contribution in [1.29, 1.82) is 0 Å². The Balaban J connectivity index is 3.62. The summed E-state index contributed by atoms with van der Waals surface area (Å²) in [5.74, 6) is -0.970. The Morgan fingerprint density at radius 1 is 1.37 bits per heavy atom. The average Bonchev–Trinajstić information content (AvgIpc) is 2.33. The average molecular weight is 274 g/mol. The molecule has 0 heterocycles. The van der Waals surface area contributed by atoms with Gasteiger partial charge in [-0.15, -0.1) is 0 Å². The molecule has 0 radical (unpaired) electrons. The van der Waals surface area contributed by atoms with Gasteiger partial charge in [-0.25, -0.2) is 4.79 Å². The van der Waals surface area contributed by atoms with E-state index in [-0.39, 0.29) is 19.0 Å². The summed E-state index contributed by atoms with van der Waals surface area (Å²) in [6, 6.07) is -0.383. The summed E-state index contributed by atoms with van der Waals surface area (Å²) in [5.41, 5.74) is 0.918. The molecular formula is C12H22N2O5. The van der Waals surface area contributed by atoms with E-state index in [0.29, 0.717) is 19.8 Å². The van der Waals surface area contributed by atoms with Gasteiger partial charge in [0.2, 0.25) is 0 Å². The van der Waals surface area contributed by atoms with Gasteiger partial charge in [-0.05, 0) is 6.92 Å². The molecule has 2 amide bonds. The van der Waals surface area contributed by atoms with E-state index in [9.17, 15) is 9.59 Å². The topological polar surface area (TPSA) is 96.9 Å². The van der Waals surface area contributed by atoms with Crippen LogP contribution in [0.3, 0.4) is 0 Å². The van der Waals surface area contributed by atoms with Gasteiger partial charge >= 0.3 is 12.0 Å². The maximum atomic E-state index is 11.3. The second kappa shape index (κ2) is 10.3. The lowest BCUT2D eigenvalue weighted by atomic mass is 10.2. The fraction of sp³-hybridized carbons (Fsp3) is 0.667. The number of amides is 2. The molecule has 0 bridgehead atoms. The highest BCUT2D eigenvalue weighted by molar-refractivity contribution is 5.74. The normalized spacial score (nSPS) is 11.7. The molecule has 0 fully saturated rings. The Bertz CT molecular complexity index is 306. The number of aliphatic carboxylic acids is 1. The molecule has 0 aliphatic carbocycles. The lowest BCUT2D eigenvalue weighted by Gasteiger charge is -2.14. The summed E-state index contributed by atoms with van der Waals surface area (Å²) in [7, 11) is 1.40. The number of methoxy groups -OCH3 is 1. The number of carboxylic acid groups (broad SMARTS) is 1. The maximum Gasteiger partial charge on any atom is 0.314 e. The Hall–Kier alpha value is -1.60. The molecule has 0 spiro atoms. The minimum Gasteiger partial charge on any atom is -0.481 e. The first-order chi connectivity index (χ1) is 8.95. The van der Waals surface area contributed by atoms with Gasteiger partial charge in [0, 0.05) is 20.2 Å². The molecule has 7 nitrogen and oxygen atoms in total. The number of ether oxygens (including phenoxy) is 2. The van der Waals surface area contributed by atoms with Gasteiger partial charge in [0.1, 0.15) is 0 Å². The van der Waals surface area contributed by atoms with Crippen LogP contribution in [0.4, 0.5) is 4.79 Å². The second-order valence-electron chi connectivity index (χ2n) is 4.10. The third kappa shape index (κ3) is 11.2. The molecule has 0 rings (SSSR count). The molecule has 0 aromatic rings. The van der Waals surface area contributed by atoms with E-state index in [1.807, 2.05) is 6.92 Å². The van der Waals surface area contributed by atoms with Crippen molar-refractivity contribution < 1.29 is 24.2 Å². The van der Waals surface area contributed by atoms with Crippen LogP contribution < -0.4 is 10.6 Å². The number of hydrogen-bond acceptors (Lipinski definition) is 4. The maximum absolute atomic E-state index is 11.3. The van der Waals surface area contributed by atoms with Crippen LogP contribution in [0.25, 0.3) is 0 Å². The van der Waals surface area contributed by atoms with Crippen LogP contribution in [-0.4, -0.2) is 56.6 Å². The third-order valence-electron chi connectivity index (χ3n) is 2.11. The summed E-state index contributed by atoms with van der Waals surface area (Å²) in [6.07, 6.45) is -0.693. The van der Waals surface area contributed by atoms with Crippen molar-refractivity contribution >= 4 is 12.0 Å². The van der Waals surface area contributed by atoms with Crippen molar-refractivity contribution in [2.45, 2.75) is 19.4 Å². The van der Waals surface area contributed by atoms with Crippen LogP contribution in [0.15, 0.2) is 12.2 Å². The quantitative estimate of drug-likeness (QED) is 0.395. The van der Waals surface area contributed by atoms with Gasteiger partial charge in [-0.3, -0.25) is 4.79 Å². The van der Waals surface area contributed by atoms with Crippen LogP contribution in [-0.2, 0) is 14.3 Å².